The molecule has 2 unspecified atom stereocenters. The fraction of sp³-hybridized carbons (Fsp3) is 0.615. The van der Waals surface area contributed by atoms with E-state index in [4.69, 9.17) is 10.5 Å². The van der Waals surface area contributed by atoms with E-state index < -0.39 is 6.10 Å². The van der Waals surface area contributed by atoms with Crippen molar-refractivity contribution in [3.63, 3.8) is 0 Å². The minimum absolute atomic E-state index is 0.0119. The number of hydrogen-bond donors (Lipinski definition) is 2. The highest BCUT2D eigenvalue weighted by atomic mass is 16.5. The Hall–Kier alpha value is -1.69. The van der Waals surface area contributed by atoms with Crippen LogP contribution in [-0.4, -0.2) is 34.6 Å². The number of ether oxygens (including phenoxy) is 1. The molecule has 0 saturated carbocycles. The number of anilines is 1. The number of carbonyl (C=O) groups is 1. The number of hydrogen-bond acceptors (Lipinski definition) is 5. The maximum Gasteiger partial charge on any atom is 0.246 e. The molecule has 2 atom stereocenters. The van der Waals surface area contributed by atoms with E-state index in [1.807, 2.05) is 13.0 Å². The van der Waals surface area contributed by atoms with Crippen LogP contribution in [0.2, 0.25) is 0 Å². The predicted molar refractivity (Wildman–Crippen MR) is 71.7 cm³/mol. The maximum absolute atomic E-state index is 11.0. The SMILES string of the molecule is CCc1cc(NCC2CCC(C(N)=O)O2)nc(C)n1. The van der Waals surface area contributed by atoms with Gasteiger partial charge in [-0.3, -0.25) is 4.79 Å². The van der Waals surface area contributed by atoms with Gasteiger partial charge in [0.05, 0.1) is 6.10 Å². The van der Waals surface area contributed by atoms with Crippen molar-refractivity contribution < 1.29 is 9.53 Å². The molecule has 0 bridgehead atoms. The number of carbonyl (C=O) groups excluding carboxylic acids is 1. The summed E-state index contributed by atoms with van der Waals surface area (Å²) >= 11 is 0. The Bertz CT molecular complexity index is 464. The second-order valence-corrected chi connectivity index (χ2v) is 4.75. The first-order valence-electron chi connectivity index (χ1n) is 6.61. The van der Waals surface area contributed by atoms with Crippen molar-refractivity contribution >= 4 is 11.7 Å². The van der Waals surface area contributed by atoms with Gasteiger partial charge in [0, 0.05) is 18.3 Å². The summed E-state index contributed by atoms with van der Waals surface area (Å²) in [5.74, 6) is 1.17. The van der Waals surface area contributed by atoms with E-state index in [1.165, 1.54) is 0 Å². The van der Waals surface area contributed by atoms with Gasteiger partial charge in [-0.15, -0.1) is 0 Å². The van der Waals surface area contributed by atoms with Crippen molar-refractivity contribution in [3.05, 3.63) is 17.6 Å². The van der Waals surface area contributed by atoms with Crippen molar-refractivity contribution in [1.82, 2.24) is 9.97 Å². The Balaban J connectivity index is 1.89. The monoisotopic (exact) mass is 264 g/mol. The molecular weight excluding hydrogens is 244 g/mol. The van der Waals surface area contributed by atoms with E-state index in [1.54, 1.807) is 0 Å². The topological polar surface area (TPSA) is 90.1 Å². The van der Waals surface area contributed by atoms with Crippen molar-refractivity contribution in [1.29, 1.82) is 0 Å². The summed E-state index contributed by atoms with van der Waals surface area (Å²) in [6.07, 6.45) is 1.99. The van der Waals surface area contributed by atoms with Crippen LogP contribution in [0.1, 0.15) is 31.3 Å². The van der Waals surface area contributed by atoms with E-state index in [0.29, 0.717) is 13.0 Å². The molecule has 2 rings (SSSR count). The summed E-state index contributed by atoms with van der Waals surface area (Å²) in [5, 5.41) is 3.23. The Morgan fingerprint density at radius 3 is 2.95 bits per heavy atom. The van der Waals surface area contributed by atoms with Gasteiger partial charge in [-0.25, -0.2) is 9.97 Å². The van der Waals surface area contributed by atoms with Gasteiger partial charge in [0.15, 0.2) is 0 Å². The molecule has 3 N–H and O–H groups in total. The van der Waals surface area contributed by atoms with Gasteiger partial charge in [0.25, 0.3) is 0 Å². The molecular formula is C13H20N4O2. The lowest BCUT2D eigenvalue weighted by Gasteiger charge is -2.13. The van der Waals surface area contributed by atoms with Gasteiger partial charge < -0.3 is 15.8 Å². The van der Waals surface area contributed by atoms with Crippen LogP contribution in [0.15, 0.2) is 6.07 Å². The fourth-order valence-electron chi connectivity index (χ4n) is 2.18. The summed E-state index contributed by atoms with van der Waals surface area (Å²) in [5.41, 5.74) is 6.23. The van der Waals surface area contributed by atoms with E-state index in [9.17, 15) is 4.79 Å². The van der Waals surface area contributed by atoms with Gasteiger partial charge in [-0.1, -0.05) is 6.92 Å². The zero-order valence-electron chi connectivity index (χ0n) is 11.3. The number of rotatable bonds is 5. The quantitative estimate of drug-likeness (QED) is 0.820. The predicted octanol–water partition coefficient (Wildman–Crippen LogP) is 0.792. The summed E-state index contributed by atoms with van der Waals surface area (Å²) < 4.78 is 5.55. The average Bonchev–Trinajstić information content (AvgIpc) is 2.84. The molecule has 1 amide bonds. The highest BCUT2D eigenvalue weighted by Crippen LogP contribution is 2.19. The minimum atomic E-state index is -0.440. The second kappa shape index (κ2) is 5.97. The lowest BCUT2D eigenvalue weighted by Crippen LogP contribution is -2.30. The number of amides is 1. The number of primary amides is 1. The third kappa shape index (κ3) is 3.64. The largest absolute Gasteiger partial charge is 0.367 e. The zero-order chi connectivity index (χ0) is 13.8. The average molecular weight is 264 g/mol. The van der Waals surface area contributed by atoms with Crippen LogP contribution >= 0.6 is 0 Å². The van der Waals surface area contributed by atoms with E-state index in [2.05, 4.69) is 22.2 Å². The van der Waals surface area contributed by atoms with E-state index in [0.717, 1.165) is 30.2 Å². The molecule has 19 heavy (non-hydrogen) atoms. The summed E-state index contributed by atoms with van der Waals surface area (Å²) in [6, 6.07) is 1.94. The van der Waals surface area contributed by atoms with Gasteiger partial charge in [-0.05, 0) is 26.2 Å². The Morgan fingerprint density at radius 1 is 1.53 bits per heavy atom. The summed E-state index contributed by atoms with van der Waals surface area (Å²) in [6.45, 7) is 4.56. The van der Waals surface area contributed by atoms with Crippen LogP contribution in [0.3, 0.4) is 0 Å². The highest BCUT2D eigenvalue weighted by Gasteiger charge is 2.28. The molecule has 1 aromatic rings. The number of aryl methyl sites for hydroxylation is 2. The molecule has 1 aliphatic rings. The molecule has 0 radical (unpaired) electrons. The molecule has 0 aromatic carbocycles. The van der Waals surface area contributed by atoms with Gasteiger partial charge in [-0.2, -0.15) is 0 Å². The molecule has 2 heterocycles. The van der Waals surface area contributed by atoms with Crippen LogP contribution < -0.4 is 11.1 Å². The third-order valence-electron chi connectivity index (χ3n) is 3.19. The van der Waals surface area contributed by atoms with E-state index >= 15 is 0 Å². The number of nitrogens with two attached hydrogens (primary N) is 1. The maximum atomic E-state index is 11.0. The second-order valence-electron chi connectivity index (χ2n) is 4.75. The van der Waals surface area contributed by atoms with Crippen molar-refractivity contribution in [2.75, 3.05) is 11.9 Å². The molecule has 1 aliphatic heterocycles. The van der Waals surface area contributed by atoms with Crippen LogP contribution in [0.5, 0.6) is 0 Å². The first-order valence-corrected chi connectivity index (χ1v) is 6.61. The molecule has 1 aromatic heterocycles. The highest BCUT2D eigenvalue weighted by molar-refractivity contribution is 5.79. The van der Waals surface area contributed by atoms with Crippen LogP contribution in [0.25, 0.3) is 0 Å². The summed E-state index contributed by atoms with van der Waals surface area (Å²) in [7, 11) is 0. The summed E-state index contributed by atoms with van der Waals surface area (Å²) in [4.78, 5) is 19.7. The van der Waals surface area contributed by atoms with Crippen molar-refractivity contribution in [2.24, 2.45) is 5.73 Å². The third-order valence-corrected chi connectivity index (χ3v) is 3.19. The Morgan fingerprint density at radius 2 is 2.32 bits per heavy atom. The fourth-order valence-corrected chi connectivity index (χ4v) is 2.18. The molecule has 0 spiro atoms. The van der Waals surface area contributed by atoms with Crippen LogP contribution in [-0.2, 0) is 16.0 Å². The molecule has 6 nitrogen and oxygen atoms in total. The first kappa shape index (κ1) is 13.7. The Kier molecular flexibility index (Phi) is 4.31. The number of aromatic nitrogens is 2. The Labute approximate surface area is 112 Å². The lowest BCUT2D eigenvalue weighted by molar-refractivity contribution is -0.128. The van der Waals surface area contributed by atoms with E-state index in [-0.39, 0.29) is 12.0 Å². The van der Waals surface area contributed by atoms with Gasteiger partial charge >= 0.3 is 0 Å². The van der Waals surface area contributed by atoms with Crippen LogP contribution in [0.4, 0.5) is 5.82 Å². The normalized spacial score (nSPS) is 22.4. The molecule has 0 aliphatic carbocycles. The smallest absolute Gasteiger partial charge is 0.246 e. The van der Waals surface area contributed by atoms with Gasteiger partial charge in [0.1, 0.15) is 17.7 Å². The standard InChI is InChI=1S/C13H20N4O2/c1-3-9-6-12(17-8(2)16-9)15-7-10-4-5-11(19-10)13(14)18/h6,10-11H,3-5,7H2,1-2H3,(H2,14,18)(H,15,16,17). The zero-order valence-corrected chi connectivity index (χ0v) is 11.3. The molecule has 1 fully saturated rings. The lowest BCUT2D eigenvalue weighted by atomic mass is 10.2. The number of nitrogens with zero attached hydrogens (tertiary/aromatic N) is 2. The first-order chi connectivity index (χ1) is 9.08. The van der Waals surface area contributed by atoms with Crippen molar-refractivity contribution in [2.45, 2.75) is 45.3 Å². The van der Waals surface area contributed by atoms with Crippen LogP contribution in [0, 0.1) is 6.92 Å². The number of nitrogens with one attached hydrogen (secondary N) is 1. The minimum Gasteiger partial charge on any atom is -0.367 e. The molecule has 6 heteroatoms. The molecule has 1 saturated heterocycles. The van der Waals surface area contributed by atoms with Gasteiger partial charge in [0.2, 0.25) is 5.91 Å². The molecule has 104 valence electrons. The van der Waals surface area contributed by atoms with Crippen molar-refractivity contribution in [3.8, 4) is 0 Å².